The zero-order valence-electron chi connectivity index (χ0n) is 10.7. The molecule has 0 aliphatic carbocycles. The molecule has 1 aliphatic rings. The number of oxime groups is 1. The highest BCUT2D eigenvalue weighted by Gasteiger charge is 2.27. The summed E-state index contributed by atoms with van der Waals surface area (Å²) in [7, 11) is 1.60. The molecule has 0 unspecified atom stereocenters. The summed E-state index contributed by atoms with van der Waals surface area (Å²) in [6.07, 6.45) is 1.74. The lowest BCUT2D eigenvalue weighted by Crippen LogP contribution is -2.05. The topological polar surface area (TPSA) is 47.9 Å². The van der Waals surface area contributed by atoms with Crippen LogP contribution in [0, 0.1) is 0 Å². The highest BCUT2D eigenvalue weighted by atomic mass is 32.1. The Kier molecular flexibility index (Phi) is 3.35. The minimum atomic E-state index is -0.445. The third kappa shape index (κ3) is 2.23. The van der Waals surface area contributed by atoms with Gasteiger partial charge in [-0.2, -0.15) is 0 Å². The summed E-state index contributed by atoms with van der Waals surface area (Å²) in [5.74, 6) is 0.254. The number of benzene rings is 1. The first-order valence-corrected chi connectivity index (χ1v) is 6.86. The summed E-state index contributed by atoms with van der Waals surface area (Å²) in [6, 6.07) is 11.3. The largest absolute Gasteiger partial charge is 0.496 e. The van der Waals surface area contributed by atoms with Gasteiger partial charge in [-0.3, -0.25) is 0 Å². The summed E-state index contributed by atoms with van der Waals surface area (Å²) in [5, 5.41) is 5.79. The van der Waals surface area contributed by atoms with Crippen LogP contribution in [0.15, 0.2) is 52.5 Å². The molecule has 1 aromatic heterocycles. The van der Waals surface area contributed by atoms with Crippen molar-refractivity contribution in [2.75, 3.05) is 7.11 Å². The normalized spacial score (nSPS) is 16.1. The van der Waals surface area contributed by atoms with Gasteiger partial charge in [-0.05, 0) is 23.6 Å². The zero-order valence-corrected chi connectivity index (χ0v) is 11.5. The van der Waals surface area contributed by atoms with Crippen LogP contribution in [0.5, 0.6) is 5.75 Å². The first-order valence-electron chi connectivity index (χ1n) is 5.98. The molecule has 0 fully saturated rings. The van der Waals surface area contributed by atoms with Gasteiger partial charge in [0, 0.05) is 5.56 Å². The lowest BCUT2D eigenvalue weighted by Gasteiger charge is -2.04. The van der Waals surface area contributed by atoms with Crippen molar-refractivity contribution in [3.05, 3.63) is 57.8 Å². The zero-order chi connectivity index (χ0) is 13.9. The number of thiophene rings is 1. The van der Waals surface area contributed by atoms with Crippen molar-refractivity contribution in [1.82, 2.24) is 0 Å². The lowest BCUT2D eigenvalue weighted by molar-refractivity contribution is -0.136. The van der Waals surface area contributed by atoms with Crippen molar-refractivity contribution >= 4 is 29.1 Å². The standard InChI is InChI=1S/C15H11NO3S/c1-18-12-6-3-2-5-10(12)9-11-14(16-19-15(11)17)13-7-4-8-20-13/h2-9H,1H3. The predicted molar refractivity (Wildman–Crippen MR) is 77.9 cm³/mol. The average molecular weight is 285 g/mol. The van der Waals surface area contributed by atoms with Gasteiger partial charge in [0.1, 0.15) is 11.5 Å². The fourth-order valence-corrected chi connectivity index (χ4v) is 2.66. The third-order valence-corrected chi connectivity index (χ3v) is 3.76. The number of rotatable bonds is 3. The summed E-state index contributed by atoms with van der Waals surface area (Å²) in [4.78, 5) is 17.5. The summed E-state index contributed by atoms with van der Waals surface area (Å²) < 4.78 is 5.28. The molecule has 0 atom stereocenters. The maximum Gasteiger partial charge on any atom is 0.368 e. The van der Waals surface area contributed by atoms with Gasteiger partial charge in [-0.1, -0.05) is 29.4 Å². The van der Waals surface area contributed by atoms with Crippen molar-refractivity contribution in [1.29, 1.82) is 0 Å². The van der Waals surface area contributed by atoms with E-state index in [1.54, 1.807) is 13.2 Å². The van der Waals surface area contributed by atoms with E-state index in [2.05, 4.69) is 5.16 Å². The number of nitrogens with zero attached hydrogens (tertiary/aromatic N) is 1. The summed E-state index contributed by atoms with van der Waals surface area (Å²) in [6.45, 7) is 0. The minimum absolute atomic E-state index is 0.442. The molecule has 1 aromatic carbocycles. The van der Waals surface area contributed by atoms with Gasteiger partial charge < -0.3 is 9.57 Å². The van der Waals surface area contributed by atoms with Crippen LogP contribution < -0.4 is 4.74 Å². The Hall–Kier alpha value is -2.40. The van der Waals surface area contributed by atoms with Crippen molar-refractivity contribution in [3.63, 3.8) is 0 Å². The number of hydrogen-bond donors (Lipinski definition) is 0. The number of carbonyl (C=O) groups is 1. The molecule has 20 heavy (non-hydrogen) atoms. The third-order valence-electron chi connectivity index (χ3n) is 2.89. The van der Waals surface area contributed by atoms with Crippen LogP contribution in [0.1, 0.15) is 10.4 Å². The van der Waals surface area contributed by atoms with Crippen LogP contribution in [-0.4, -0.2) is 18.8 Å². The number of carbonyl (C=O) groups excluding carboxylic acids is 1. The van der Waals surface area contributed by atoms with Crippen molar-refractivity contribution < 1.29 is 14.4 Å². The van der Waals surface area contributed by atoms with Gasteiger partial charge in [-0.25, -0.2) is 4.79 Å². The smallest absolute Gasteiger partial charge is 0.368 e. The van der Waals surface area contributed by atoms with Crippen LogP contribution in [0.2, 0.25) is 0 Å². The molecule has 4 nitrogen and oxygen atoms in total. The van der Waals surface area contributed by atoms with Crippen molar-refractivity contribution in [3.8, 4) is 5.75 Å². The first kappa shape index (κ1) is 12.6. The Bertz CT molecular complexity index is 702. The number of hydrogen-bond acceptors (Lipinski definition) is 5. The van der Waals surface area contributed by atoms with Crippen LogP contribution >= 0.6 is 11.3 Å². The van der Waals surface area contributed by atoms with Gasteiger partial charge in [-0.15, -0.1) is 11.3 Å². The summed E-state index contributed by atoms with van der Waals surface area (Å²) >= 11 is 1.51. The van der Waals surface area contributed by atoms with Crippen LogP contribution in [0.3, 0.4) is 0 Å². The van der Waals surface area contributed by atoms with Gasteiger partial charge in [0.25, 0.3) is 0 Å². The van der Waals surface area contributed by atoms with Crippen molar-refractivity contribution in [2.24, 2.45) is 5.16 Å². The highest BCUT2D eigenvalue weighted by Crippen LogP contribution is 2.26. The molecule has 0 spiro atoms. The molecule has 2 aromatic rings. The molecule has 5 heteroatoms. The maximum absolute atomic E-state index is 11.8. The second-order valence-corrected chi connectivity index (χ2v) is 5.04. The predicted octanol–water partition coefficient (Wildman–Crippen LogP) is 3.10. The number of methoxy groups -OCH3 is 1. The van der Waals surface area contributed by atoms with Gasteiger partial charge in [0.05, 0.1) is 17.6 Å². The minimum Gasteiger partial charge on any atom is -0.496 e. The van der Waals surface area contributed by atoms with Gasteiger partial charge in [0.15, 0.2) is 0 Å². The molecule has 0 radical (unpaired) electrons. The van der Waals surface area contributed by atoms with E-state index in [9.17, 15) is 4.79 Å². The number of ether oxygens (including phenoxy) is 1. The van der Waals surface area contributed by atoms with Gasteiger partial charge >= 0.3 is 5.97 Å². The van der Waals surface area contributed by atoms with E-state index in [0.717, 1.165) is 10.4 Å². The second kappa shape index (κ2) is 5.30. The Morgan fingerprint density at radius 3 is 2.85 bits per heavy atom. The lowest BCUT2D eigenvalue weighted by atomic mass is 10.1. The molecule has 0 amide bonds. The number of para-hydroxylation sites is 1. The van der Waals surface area contributed by atoms with Crippen LogP contribution in [0.25, 0.3) is 6.08 Å². The van der Waals surface area contributed by atoms with E-state index < -0.39 is 5.97 Å². The molecule has 0 saturated heterocycles. The molecule has 0 N–H and O–H groups in total. The molecule has 3 rings (SSSR count). The fourth-order valence-electron chi connectivity index (χ4n) is 1.94. The SMILES string of the molecule is COc1ccccc1C=C1C(=O)ON=C1c1cccs1. The van der Waals surface area contributed by atoms with E-state index in [1.165, 1.54) is 11.3 Å². The quantitative estimate of drug-likeness (QED) is 0.643. The van der Waals surface area contributed by atoms with E-state index in [0.29, 0.717) is 17.0 Å². The van der Waals surface area contributed by atoms with E-state index >= 15 is 0 Å². The molecule has 1 aliphatic heterocycles. The first-order chi connectivity index (χ1) is 9.79. The van der Waals surface area contributed by atoms with Crippen molar-refractivity contribution in [2.45, 2.75) is 0 Å². The molecule has 2 heterocycles. The average Bonchev–Trinajstić information content (AvgIpc) is 3.10. The van der Waals surface area contributed by atoms with Crippen LogP contribution in [0.4, 0.5) is 0 Å². The van der Waals surface area contributed by atoms with Gasteiger partial charge in [0.2, 0.25) is 0 Å². The highest BCUT2D eigenvalue weighted by molar-refractivity contribution is 7.12. The molecule has 100 valence electrons. The Balaban J connectivity index is 2.05. The van der Waals surface area contributed by atoms with E-state index in [-0.39, 0.29) is 0 Å². The van der Waals surface area contributed by atoms with E-state index in [1.807, 2.05) is 41.8 Å². The molecular weight excluding hydrogens is 274 g/mol. The summed E-state index contributed by atoms with van der Waals surface area (Å²) in [5.41, 5.74) is 1.82. The fraction of sp³-hybridized carbons (Fsp3) is 0.0667. The van der Waals surface area contributed by atoms with Crippen LogP contribution in [-0.2, 0) is 9.63 Å². The van der Waals surface area contributed by atoms with E-state index in [4.69, 9.17) is 9.57 Å². The second-order valence-electron chi connectivity index (χ2n) is 4.10. The maximum atomic E-state index is 11.8. The monoisotopic (exact) mass is 285 g/mol. The Labute approximate surface area is 119 Å². The molecule has 0 bridgehead atoms. The molecule has 0 saturated carbocycles. The molecular formula is C15H11NO3S. The Morgan fingerprint density at radius 2 is 2.10 bits per heavy atom. The Morgan fingerprint density at radius 1 is 1.25 bits per heavy atom.